The number of anilines is 1. The van der Waals surface area contributed by atoms with Gasteiger partial charge >= 0.3 is 0 Å². The van der Waals surface area contributed by atoms with Crippen molar-refractivity contribution in [2.24, 2.45) is 0 Å². The van der Waals surface area contributed by atoms with E-state index in [9.17, 15) is 4.79 Å². The summed E-state index contributed by atoms with van der Waals surface area (Å²) in [7, 11) is 0. The maximum atomic E-state index is 13.2. The van der Waals surface area contributed by atoms with Crippen LogP contribution in [0, 0.1) is 0 Å². The SMILES string of the molecule is CCN(CC)C(C)CNC(=O)c1cc(-c2cnn3ccc(-c4cccs4)nc23)nc(N2CCC2)c1. The average Bonchev–Trinajstić information content (AvgIpc) is 3.52. The first kappa shape index (κ1) is 23.4. The number of carbonyl (C=O) groups excluding carboxylic acids is 1. The number of fused-ring (bicyclic) bond motifs is 1. The second-order valence-corrected chi connectivity index (χ2v) is 9.78. The first-order valence-corrected chi connectivity index (χ1v) is 13.1. The van der Waals surface area contributed by atoms with Crippen molar-refractivity contribution < 1.29 is 4.79 Å². The number of hydrogen-bond acceptors (Lipinski definition) is 7. The lowest BCUT2D eigenvalue weighted by Crippen LogP contribution is -2.42. The molecular formula is C26H31N7OS. The van der Waals surface area contributed by atoms with Crippen molar-refractivity contribution in [3.8, 4) is 21.8 Å². The lowest BCUT2D eigenvalue weighted by molar-refractivity contribution is 0.0938. The van der Waals surface area contributed by atoms with E-state index >= 15 is 0 Å². The fourth-order valence-electron chi connectivity index (χ4n) is 4.42. The second-order valence-electron chi connectivity index (χ2n) is 8.84. The number of thiophene rings is 1. The van der Waals surface area contributed by atoms with Crippen molar-refractivity contribution in [2.75, 3.05) is 37.6 Å². The predicted octanol–water partition coefficient (Wildman–Crippen LogP) is 4.19. The van der Waals surface area contributed by atoms with E-state index in [1.807, 2.05) is 35.8 Å². The number of amides is 1. The van der Waals surface area contributed by atoms with Crippen molar-refractivity contribution >= 4 is 28.7 Å². The van der Waals surface area contributed by atoms with Crippen LogP contribution >= 0.6 is 11.3 Å². The first-order valence-electron chi connectivity index (χ1n) is 12.2. The average molecular weight is 490 g/mol. The molecule has 1 fully saturated rings. The molecule has 1 atom stereocenters. The number of rotatable bonds is 9. The van der Waals surface area contributed by atoms with Gasteiger partial charge in [0.05, 0.1) is 28.0 Å². The van der Waals surface area contributed by atoms with Crippen molar-refractivity contribution in [3.05, 3.63) is 53.7 Å². The Labute approximate surface area is 209 Å². The van der Waals surface area contributed by atoms with Crippen LogP contribution in [-0.4, -0.2) is 69.2 Å². The van der Waals surface area contributed by atoms with Crippen molar-refractivity contribution in [3.63, 3.8) is 0 Å². The molecule has 1 saturated heterocycles. The summed E-state index contributed by atoms with van der Waals surface area (Å²) in [5.74, 6) is 0.739. The normalized spacial score (nSPS) is 14.3. The minimum atomic E-state index is -0.0851. The van der Waals surface area contributed by atoms with E-state index in [0.29, 0.717) is 17.8 Å². The topological polar surface area (TPSA) is 78.7 Å². The monoisotopic (exact) mass is 489 g/mol. The molecule has 0 saturated carbocycles. The van der Waals surface area contributed by atoms with E-state index in [1.54, 1.807) is 22.0 Å². The van der Waals surface area contributed by atoms with E-state index < -0.39 is 0 Å². The van der Waals surface area contributed by atoms with E-state index in [2.05, 4.69) is 47.1 Å². The Bertz CT molecular complexity index is 1310. The summed E-state index contributed by atoms with van der Waals surface area (Å²) in [6.45, 7) is 10.8. The summed E-state index contributed by atoms with van der Waals surface area (Å²) < 4.78 is 1.76. The van der Waals surface area contributed by atoms with Gasteiger partial charge in [0.2, 0.25) is 0 Å². The molecule has 5 heterocycles. The molecule has 1 unspecified atom stereocenters. The van der Waals surface area contributed by atoms with Gasteiger partial charge < -0.3 is 10.2 Å². The van der Waals surface area contributed by atoms with Gasteiger partial charge in [0.1, 0.15) is 5.82 Å². The number of nitrogens with zero attached hydrogens (tertiary/aromatic N) is 6. The third-order valence-corrected chi connectivity index (χ3v) is 7.56. The number of hydrogen-bond donors (Lipinski definition) is 1. The molecule has 4 aromatic heterocycles. The third kappa shape index (κ3) is 4.78. The minimum Gasteiger partial charge on any atom is -0.356 e. The molecule has 1 amide bonds. The van der Waals surface area contributed by atoms with Gasteiger partial charge in [-0.25, -0.2) is 14.5 Å². The fraction of sp³-hybridized carbons (Fsp3) is 0.385. The molecule has 0 aromatic carbocycles. The Hall–Kier alpha value is -3.30. The van der Waals surface area contributed by atoms with Crippen molar-refractivity contribution in [1.29, 1.82) is 0 Å². The van der Waals surface area contributed by atoms with E-state index in [1.165, 1.54) is 0 Å². The molecule has 1 aliphatic rings. The van der Waals surface area contributed by atoms with Crippen LogP contribution in [0.5, 0.6) is 0 Å². The Balaban J connectivity index is 1.48. The van der Waals surface area contributed by atoms with Crippen LogP contribution in [0.1, 0.15) is 37.6 Å². The van der Waals surface area contributed by atoms with Gasteiger partial charge in [-0.3, -0.25) is 9.69 Å². The first-order chi connectivity index (χ1) is 17.1. The number of pyridine rings is 1. The molecule has 182 valence electrons. The summed E-state index contributed by atoms with van der Waals surface area (Å²) in [6, 6.07) is 10.1. The number of aromatic nitrogens is 4. The van der Waals surface area contributed by atoms with Crippen LogP contribution in [-0.2, 0) is 0 Å². The fourth-order valence-corrected chi connectivity index (χ4v) is 5.12. The smallest absolute Gasteiger partial charge is 0.251 e. The highest BCUT2D eigenvalue weighted by atomic mass is 32.1. The van der Waals surface area contributed by atoms with E-state index in [0.717, 1.165) is 60.2 Å². The second kappa shape index (κ2) is 10.1. The molecule has 0 aliphatic carbocycles. The molecule has 1 N–H and O–H groups in total. The number of nitrogens with one attached hydrogen (secondary N) is 1. The quantitative estimate of drug-likeness (QED) is 0.380. The number of likely N-dealkylation sites (N-methyl/N-ethyl adjacent to an activating group) is 1. The zero-order valence-corrected chi connectivity index (χ0v) is 21.3. The lowest BCUT2D eigenvalue weighted by atomic mass is 10.1. The van der Waals surface area contributed by atoms with Crippen molar-refractivity contribution in [2.45, 2.75) is 33.2 Å². The summed E-state index contributed by atoms with van der Waals surface area (Å²) in [4.78, 5) is 28.7. The van der Waals surface area contributed by atoms with Gasteiger partial charge in [0, 0.05) is 37.4 Å². The zero-order valence-electron chi connectivity index (χ0n) is 20.4. The lowest BCUT2D eigenvalue weighted by Gasteiger charge is -2.32. The highest BCUT2D eigenvalue weighted by molar-refractivity contribution is 7.13. The van der Waals surface area contributed by atoms with Gasteiger partial charge in [0.15, 0.2) is 5.65 Å². The summed E-state index contributed by atoms with van der Waals surface area (Å²) >= 11 is 1.65. The molecule has 0 bridgehead atoms. The van der Waals surface area contributed by atoms with Gasteiger partial charge in [-0.1, -0.05) is 19.9 Å². The van der Waals surface area contributed by atoms with Crippen molar-refractivity contribution in [1.82, 2.24) is 29.8 Å². The summed E-state index contributed by atoms with van der Waals surface area (Å²) in [5, 5.41) is 9.67. The molecule has 0 radical (unpaired) electrons. The number of carbonyl (C=O) groups is 1. The zero-order chi connectivity index (χ0) is 24.4. The van der Waals surface area contributed by atoms with Crippen LogP contribution in [0.25, 0.3) is 27.5 Å². The molecule has 0 spiro atoms. The molecule has 4 aromatic rings. The summed E-state index contributed by atoms with van der Waals surface area (Å²) in [6.07, 6.45) is 4.84. The minimum absolute atomic E-state index is 0.0851. The van der Waals surface area contributed by atoms with Crippen LogP contribution in [0.3, 0.4) is 0 Å². The molecule has 9 heteroatoms. The van der Waals surface area contributed by atoms with Gasteiger partial charge in [-0.2, -0.15) is 5.10 Å². The Morgan fingerprint density at radius 2 is 2.00 bits per heavy atom. The van der Waals surface area contributed by atoms with Gasteiger partial charge in [0.25, 0.3) is 5.91 Å². The molecular weight excluding hydrogens is 458 g/mol. The summed E-state index contributed by atoms with van der Waals surface area (Å²) in [5.41, 5.74) is 3.76. The molecule has 8 nitrogen and oxygen atoms in total. The molecule has 35 heavy (non-hydrogen) atoms. The highest BCUT2D eigenvalue weighted by Crippen LogP contribution is 2.30. The highest BCUT2D eigenvalue weighted by Gasteiger charge is 2.22. The largest absolute Gasteiger partial charge is 0.356 e. The Morgan fingerprint density at radius 3 is 2.69 bits per heavy atom. The molecule has 1 aliphatic heterocycles. The van der Waals surface area contributed by atoms with Crippen LogP contribution in [0.15, 0.2) is 48.1 Å². The maximum Gasteiger partial charge on any atom is 0.251 e. The standard InChI is InChI=1S/C26H31N7OS/c1-4-31(5-2)18(3)16-27-26(34)19-14-22(29-24(15-19)32-10-7-11-32)20-17-28-33-12-9-21(30-25(20)33)23-8-6-13-35-23/h6,8-9,12-15,17-18H,4-5,7,10-11,16H2,1-3H3,(H,27,34). The van der Waals surface area contributed by atoms with Gasteiger partial charge in [-0.15, -0.1) is 11.3 Å². The van der Waals surface area contributed by atoms with E-state index in [-0.39, 0.29) is 11.9 Å². The van der Waals surface area contributed by atoms with Gasteiger partial charge in [-0.05, 0) is 56.1 Å². The Morgan fingerprint density at radius 1 is 1.17 bits per heavy atom. The van der Waals surface area contributed by atoms with Crippen LogP contribution in [0.4, 0.5) is 5.82 Å². The third-order valence-electron chi connectivity index (χ3n) is 6.67. The maximum absolute atomic E-state index is 13.2. The molecule has 5 rings (SSSR count). The Kier molecular flexibility index (Phi) is 6.79. The predicted molar refractivity (Wildman–Crippen MR) is 141 cm³/mol. The van der Waals surface area contributed by atoms with Crippen LogP contribution < -0.4 is 10.2 Å². The van der Waals surface area contributed by atoms with Crippen LogP contribution in [0.2, 0.25) is 0 Å². The van der Waals surface area contributed by atoms with E-state index in [4.69, 9.17) is 9.97 Å².